The number of hydrogen-bond acceptors (Lipinski definition) is 3. The maximum atomic E-state index is 13.4. The van der Waals surface area contributed by atoms with E-state index >= 15 is 0 Å². The predicted octanol–water partition coefficient (Wildman–Crippen LogP) is 3.61. The molecule has 4 heteroatoms. The van der Waals surface area contributed by atoms with Gasteiger partial charge in [-0.25, -0.2) is 4.39 Å². The molecule has 1 fully saturated rings. The first-order valence-corrected chi connectivity index (χ1v) is 7.39. The third kappa shape index (κ3) is 3.51. The summed E-state index contributed by atoms with van der Waals surface area (Å²) in [7, 11) is 0. The van der Waals surface area contributed by atoms with Gasteiger partial charge in [-0.3, -0.25) is 4.98 Å². The standard InChI is InChI=1S/C17H20FN3/c1-13-10-14(18)12-16(11-13)20-15-4-8-21(9-5-15)17-2-6-19-7-3-17/h2-3,6-7,10-12,15,20H,4-5,8-9H2,1H3. The SMILES string of the molecule is Cc1cc(F)cc(NC2CCN(c3ccncc3)CC2)c1. The van der Waals surface area contributed by atoms with Crippen molar-refractivity contribution in [3.05, 3.63) is 54.1 Å². The molecule has 3 nitrogen and oxygen atoms in total. The Morgan fingerprint density at radius 2 is 1.86 bits per heavy atom. The number of nitrogens with one attached hydrogen (secondary N) is 1. The Hall–Kier alpha value is -2.10. The molecule has 2 aromatic rings. The van der Waals surface area contributed by atoms with Gasteiger partial charge in [0.1, 0.15) is 5.82 Å². The van der Waals surface area contributed by atoms with Crippen LogP contribution in [0.2, 0.25) is 0 Å². The van der Waals surface area contributed by atoms with Crippen LogP contribution in [-0.2, 0) is 0 Å². The van der Waals surface area contributed by atoms with E-state index in [-0.39, 0.29) is 5.82 Å². The summed E-state index contributed by atoms with van der Waals surface area (Å²) >= 11 is 0. The van der Waals surface area contributed by atoms with Crippen LogP contribution in [-0.4, -0.2) is 24.1 Å². The van der Waals surface area contributed by atoms with E-state index in [2.05, 4.69) is 15.2 Å². The second kappa shape index (κ2) is 6.12. The smallest absolute Gasteiger partial charge is 0.125 e. The summed E-state index contributed by atoms with van der Waals surface area (Å²) in [6, 6.07) is 9.62. The molecule has 0 radical (unpaired) electrons. The first-order valence-electron chi connectivity index (χ1n) is 7.39. The minimum atomic E-state index is -0.174. The normalized spacial score (nSPS) is 16.0. The highest BCUT2D eigenvalue weighted by Crippen LogP contribution is 2.22. The van der Waals surface area contributed by atoms with Crippen molar-refractivity contribution >= 4 is 11.4 Å². The topological polar surface area (TPSA) is 28.2 Å². The average molecular weight is 285 g/mol. The zero-order valence-corrected chi connectivity index (χ0v) is 12.2. The lowest BCUT2D eigenvalue weighted by atomic mass is 10.0. The maximum absolute atomic E-state index is 13.4. The van der Waals surface area contributed by atoms with Crippen molar-refractivity contribution in [1.29, 1.82) is 0 Å². The van der Waals surface area contributed by atoms with Gasteiger partial charge < -0.3 is 10.2 Å². The van der Waals surface area contributed by atoms with Crippen LogP contribution in [0, 0.1) is 12.7 Å². The lowest BCUT2D eigenvalue weighted by molar-refractivity contribution is 0.526. The van der Waals surface area contributed by atoms with Crippen molar-refractivity contribution in [3.8, 4) is 0 Å². The third-order valence-corrected chi connectivity index (χ3v) is 3.94. The van der Waals surface area contributed by atoms with Crippen molar-refractivity contribution in [2.45, 2.75) is 25.8 Å². The van der Waals surface area contributed by atoms with E-state index in [0.717, 1.165) is 37.2 Å². The van der Waals surface area contributed by atoms with E-state index < -0.39 is 0 Å². The number of aryl methyl sites for hydroxylation is 1. The van der Waals surface area contributed by atoms with E-state index in [0.29, 0.717) is 6.04 Å². The van der Waals surface area contributed by atoms with Crippen LogP contribution >= 0.6 is 0 Å². The third-order valence-electron chi connectivity index (χ3n) is 3.94. The minimum Gasteiger partial charge on any atom is -0.382 e. The highest BCUT2D eigenvalue weighted by molar-refractivity contribution is 5.48. The molecule has 0 aliphatic carbocycles. The fourth-order valence-corrected chi connectivity index (χ4v) is 2.89. The summed E-state index contributed by atoms with van der Waals surface area (Å²) in [5, 5.41) is 3.46. The van der Waals surface area contributed by atoms with E-state index in [1.807, 2.05) is 37.5 Å². The summed E-state index contributed by atoms with van der Waals surface area (Å²) in [5.41, 5.74) is 3.06. The van der Waals surface area contributed by atoms with Gasteiger partial charge in [-0.1, -0.05) is 0 Å². The molecule has 1 aromatic heterocycles. The molecule has 0 bridgehead atoms. The number of nitrogens with zero attached hydrogens (tertiary/aromatic N) is 2. The number of pyridine rings is 1. The van der Waals surface area contributed by atoms with Crippen molar-refractivity contribution in [1.82, 2.24) is 4.98 Å². The Morgan fingerprint density at radius 1 is 1.14 bits per heavy atom. The number of benzene rings is 1. The number of halogens is 1. The molecule has 0 saturated carbocycles. The van der Waals surface area contributed by atoms with Crippen LogP contribution < -0.4 is 10.2 Å². The van der Waals surface area contributed by atoms with Crippen LogP contribution in [0.1, 0.15) is 18.4 Å². The zero-order valence-electron chi connectivity index (χ0n) is 12.2. The van der Waals surface area contributed by atoms with Crippen molar-refractivity contribution in [2.75, 3.05) is 23.3 Å². The minimum absolute atomic E-state index is 0.174. The Bertz CT molecular complexity index is 572. The molecule has 3 rings (SSSR count). The van der Waals surface area contributed by atoms with Gasteiger partial charge in [0.15, 0.2) is 0 Å². The molecule has 1 aliphatic heterocycles. The average Bonchev–Trinajstić information content (AvgIpc) is 2.48. The van der Waals surface area contributed by atoms with E-state index in [1.165, 1.54) is 5.69 Å². The van der Waals surface area contributed by atoms with Gasteiger partial charge in [-0.05, 0) is 55.7 Å². The van der Waals surface area contributed by atoms with Crippen LogP contribution in [0.4, 0.5) is 15.8 Å². The molecule has 0 amide bonds. The molecule has 110 valence electrons. The van der Waals surface area contributed by atoms with Gasteiger partial charge in [0, 0.05) is 42.9 Å². The second-order valence-corrected chi connectivity index (χ2v) is 5.63. The Morgan fingerprint density at radius 3 is 2.52 bits per heavy atom. The number of anilines is 2. The quantitative estimate of drug-likeness (QED) is 0.933. The number of rotatable bonds is 3. The van der Waals surface area contributed by atoms with E-state index in [9.17, 15) is 4.39 Å². The molecule has 1 saturated heterocycles. The highest BCUT2D eigenvalue weighted by atomic mass is 19.1. The zero-order chi connectivity index (χ0) is 14.7. The summed E-state index contributed by atoms with van der Waals surface area (Å²) < 4.78 is 13.4. The van der Waals surface area contributed by atoms with Crippen LogP contribution in [0.5, 0.6) is 0 Å². The predicted molar refractivity (Wildman–Crippen MR) is 84.2 cm³/mol. The largest absolute Gasteiger partial charge is 0.382 e. The summed E-state index contributed by atoms with van der Waals surface area (Å²) in [6.07, 6.45) is 5.76. The molecule has 0 unspecified atom stereocenters. The molecule has 0 spiro atoms. The van der Waals surface area contributed by atoms with Gasteiger partial charge in [0.25, 0.3) is 0 Å². The van der Waals surface area contributed by atoms with E-state index in [1.54, 1.807) is 12.1 Å². The molecule has 1 N–H and O–H groups in total. The van der Waals surface area contributed by atoms with E-state index in [4.69, 9.17) is 0 Å². The molecule has 1 aliphatic rings. The lowest BCUT2D eigenvalue weighted by Gasteiger charge is -2.34. The number of piperidine rings is 1. The Kier molecular flexibility index (Phi) is 4.04. The second-order valence-electron chi connectivity index (χ2n) is 5.63. The van der Waals surface area contributed by atoms with Gasteiger partial charge in [-0.15, -0.1) is 0 Å². The molecule has 0 atom stereocenters. The van der Waals surface area contributed by atoms with Crippen molar-refractivity contribution in [2.24, 2.45) is 0 Å². The molecular weight excluding hydrogens is 265 g/mol. The molecule has 2 heterocycles. The summed E-state index contributed by atoms with van der Waals surface area (Å²) in [5.74, 6) is -0.174. The maximum Gasteiger partial charge on any atom is 0.125 e. The fraction of sp³-hybridized carbons (Fsp3) is 0.353. The van der Waals surface area contributed by atoms with Gasteiger partial charge in [0.2, 0.25) is 0 Å². The Labute approximate surface area is 124 Å². The lowest BCUT2D eigenvalue weighted by Crippen LogP contribution is -2.39. The van der Waals surface area contributed by atoms with Crippen molar-refractivity contribution < 1.29 is 4.39 Å². The van der Waals surface area contributed by atoms with Gasteiger partial charge in [-0.2, -0.15) is 0 Å². The highest BCUT2D eigenvalue weighted by Gasteiger charge is 2.19. The Balaban J connectivity index is 1.58. The molecule has 1 aromatic carbocycles. The fourth-order valence-electron chi connectivity index (χ4n) is 2.89. The van der Waals surface area contributed by atoms with Crippen molar-refractivity contribution in [3.63, 3.8) is 0 Å². The first-order chi connectivity index (χ1) is 10.2. The summed E-state index contributed by atoms with van der Waals surface area (Å²) in [6.45, 7) is 3.94. The van der Waals surface area contributed by atoms with Gasteiger partial charge >= 0.3 is 0 Å². The molecule has 21 heavy (non-hydrogen) atoms. The van der Waals surface area contributed by atoms with Crippen LogP contribution in [0.25, 0.3) is 0 Å². The molecular formula is C17H20FN3. The number of aromatic nitrogens is 1. The van der Waals surface area contributed by atoms with Gasteiger partial charge in [0.05, 0.1) is 0 Å². The summed E-state index contributed by atoms with van der Waals surface area (Å²) in [4.78, 5) is 6.42. The van der Waals surface area contributed by atoms with Crippen LogP contribution in [0.15, 0.2) is 42.7 Å². The number of hydrogen-bond donors (Lipinski definition) is 1. The monoisotopic (exact) mass is 285 g/mol. The van der Waals surface area contributed by atoms with Crippen LogP contribution in [0.3, 0.4) is 0 Å². The first kappa shape index (κ1) is 13.9.